The van der Waals surface area contributed by atoms with Crippen LogP contribution in [0.2, 0.25) is 0 Å². The first-order valence-corrected chi connectivity index (χ1v) is 10.9. The van der Waals surface area contributed by atoms with Gasteiger partial charge in [-0.15, -0.1) is 0 Å². The number of halogens is 1. The molecule has 31 heavy (non-hydrogen) atoms. The van der Waals surface area contributed by atoms with Gasteiger partial charge >= 0.3 is 6.03 Å². The minimum atomic E-state index is -0.249. The van der Waals surface area contributed by atoms with Gasteiger partial charge in [0.25, 0.3) is 5.91 Å². The van der Waals surface area contributed by atoms with Crippen LogP contribution >= 0.6 is 0 Å². The molecule has 2 saturated heterocycles. The quantitative estimate of drug-likeness (QED) is 0.702. The van der Waals surface area contributed by atoms with E-state index in [1.165, 1.54) is 12.1 Å². The van der Waals surface area contributed by atoms with E-state index in [1.54, 1.807) is 6.07 Å². The van der Waals surface area contributed by atoms with Crippen LogP contribution in [0.3, 0.4) is 0 Å². The summed E-state index contributed by atoms with van der Waals surface area (Å²) in [5.41, 5.74) is 3.25. The standard InChI is InChI=1S/C24H29FN4O2/c1-16-2-3-19(14-22(16)28-24(31)27-21-8-11-26-15-21)23(30)29-12-9-18(10-13-29)17-4-6-20(25)7-5-17/h2-7,14,18,21,26H,8-13,15H2,1H3,(H2,27,28,31). The van der Waals surface area contributed by atoms with Gasteiger partial charge in [0.2, 0.25) is 0 Å². The van der Waals surface area contributed by atoms with Crippen molar-refractivity contribution in [3.8, 4) is 0 Å². The van der Waals surface area contributed by atoms with Gasteiger partial charge in [0, 0.05) is 36.9 Å². The van der Waals surface area contributed by atoms with Crippen LogP contribution in [0, 0.1) is 12.7 Å². The molecule has 0 radical (unpaired) electrons. The highest BCUT2D eigenvalue weighted by molar-refractivity contribution is 5.97. The summed E-state index contributed by atoms with van der Waals surface area (Å²) in [7, 11) is 0. The number of piperidine rings is 1. The first kappa shape index (κ1) is 21.3. The van der Waals surface area contributed by atoms with E-state index in [0.29, 0.717) is 30.3 Å². The van der Waals surface area contributed by atoms with Crippen LogP contribution < -0.4 is 16.0 Å². The van der Waals surface area contributed by atoms with Gasteiger partial charge in [0.15, 0.2) is 0 Å². The van der Waals surface area contributed by atoms with Crippen molar-refractivity contribution in [3.63, 3.8) is 0 Å². The number of urea groups is 1. The smallest absolute Gasteiger partial charge is 0.319 e. The maximum atomic E-state index is 13.2. The Kier molecular flexibility index (Phi) is 6.51. The van der Waals surface area contributed by atoms with Gasteiger partial charge in [-0.1, -0.05) is 18.2 Å². The highest BCUT2D eigenvalue weighted by Gasteiger charge is 2.25. The molecule has 6 nitrogen and oxygen atoms in total. The number of carbonyl (C=O) groups is 2. The van der Waals surface area contributed by atoms with Crippen molar-refractivity contribution in [1.82, 2.24) is 15.5 Å². The predicted molar refractivity (Wildman–Crippen MR) is 119 cm³/mol. The van der Waals surface area contributed by atoms with Crippen LogP contribution in [0.15, 0.2) is 42.5 Å². The molecule has 2 heterocycles. The molecule has 2 aliphatic heterocycles. The predicted octanol–water partition coefficient (Wildman–Crippen LogP) is 3.64. The van der Waals surface area contributed by atoms with Crippen molar-refractivity contribution >= 4 is 17.6 Å². The molecule has 164 valence electrons. The monoisotopic (exact) mass is 424 g/mol. The molecule has 1 unspecified atom stereocenters. The maximum Gasteiger partial charge on any atom is 0.319 e. The molecule has 4 rings (SSSR count). The van der Waals surface area contributed by atoms with E-state index < -0.39 is 0 Å². The molecule has 0 aromatic heterocycles. The number of likely N-dealkylation sites (tertiary alicyclic amines) is 1. The third-order valence-electron chi connectivity index (χ3n) is 6.25. The fourth-order valence-corrected chi connectivity index (χ4v) is 4.34. The van der Waals surface area contributed by atoms with Crippen LogP contribution in [-0.2, 0) is 0 Å². The van der Waals surface area contributed by atoms with E-state index in [2.05, 4.69) is 16.0 Å². The molecular weight excluding hydrogens is 395 g/mol. The topological polar surface area (TPSA) is 73.5 Å². The number of nitrogens with zero attached hydrogens (tertiary/aromatic N) is 1. The number of anilines is 1. The highest BCUT2D eigenvalue weighted by atomic mass is 19.1. The number of carbonyl (C=O) groups excluding carboxylic acids is 2. The normalized spacial score (nSPS) is 19.3. The van der Waals surface area contributed by atoms with Gasteiger partial charge in [0.1, 0.15) is 5.82 Å². The second kappa shape index (κ2) is 9.47. The summed E-state index contributed by atoms with van der Waals surface area (Å²) in [6.07, 6.45) is 2.62. The Labute approximate surface area is 182 Å². The second-order valence-electron chi connectivity index (χ2n) is 8.44. The van der Waals surface area contributed by atoms with E-state index >= 15 is 0 Å². The summed E-state index contributed by atoms with van der Waals surface area (Å²) in [5, 5.41) is 9.07. The van der Waals surface area contributed by atoms with Crippen LogP contribution in [0.4, 0.5) is 14.9 Å². The lowest BCUT2D eigenvalue weighted by Gasteiger charge is -2.32. The Morgan fingerprint density at radius 3 is 2.48 bits per heavy atom. The zero-order valence-electron chi connectivity index (χ0n) is 17.8. The van der Waals surface area contributed by atoms with Crippen molar-refractivity contribution < 1.29 is 14.0 Å². The zero-order chi connectivity index (χ0) is 21.8. The van der Waals surface area contributed by atoms with Gasteiger partial charge < -0.3 is 20.9 Å². The number of benzene rings is 2. The molecule has 0 bridgehead atoms. The SMILES string of the molecule is Cc1ccc(C(=O)N2CCC(c3ccc(F)cc3)CC2)cc1NC(=O)NC1CCNC1. The number of hydrogen-bond acceptors (Lipinski definition) is 3. The Balaban J connectivity index is 1.36. The van der Waals surface area contributed by atoms with Crippen molar-refractivity contribution in [3.05, 3.63) is 65.0 Å². The number of nitrogens with one attached hydrogen (secondary N) is 3. The van der Waals surface area contributed by atoms with Crippen LogP contribution in [0.5, 0.6) is 0 Å². The van der Waals surface area contributed by atoms with Crippen LogP contribution in [-0.4, -0.2) is 49.1 Å². The van der Waals surface area contributed by atoms with Gasteiger partial charge in [-0.2, -0.15) is 0 Å². The highest BCUT2D eigenvalue weighted by Crippen LogP contribution is 2.29. The minimum Gasteiger partial charge on any atom is -0.339 e. The zero-order valence-corrected chi connectivity index (χ0v) is 17.8. The fraction of sp³-hybridized carbons (Fsp3) is 0.417. The summed E-state index contributed by atoms with van der Waals surface area (Å²) >= 11 is 0. The molecule has 3 amide bonds. The molecule has 3 N–H and O–H groups in total. The molecule has 0 saturated carbocycles. The molecule has 2 fully saturated rings. The average molecular weight is 425 g/mol. The van der Waals surface area contributed by atoms with Gasteiger partial charge in [-0.05, 0) is 74.0 Å². The summed E-state index contributed by atoms with van der Waals surface area (Å²) in [4.78, 5) is 27.2. The van der Waals surface area contributed by atoms with Gasteiger partial charge in [-0.25, -0.2) is 9.18 Å². The summed E-state index contributed by atoms with van der Waals surface area (Å²) < 4.78 is 13.2. The van der Waals surface area contributed by atoms with Crippen molar-refractivity contribution in [2.24, 2.45) is 0 Å². The molecule has 2 aliphatic rings. The Bertz CT molecular complexity index is 933. The van der Waals surface area contributed by atoms with E-state index in [-0.39, 0.29) is 23.8 Å². The molecule has 2 aromatic rings. The van der Waals surface area contributed by atoms with Crippen LogP contribution in [0.1, 0.15) is 46.7 Å². The maximum absolute atomic E-state index is 13.2. The number of amides is 3. The number of aryl methyl sites for hydroxylation is 1. The van der Waals surface area contributed by atoms with Crippen molar-refractivity contribution in [1.29, 1.82) is 0 Å². The van der Waals surface area contributed by atoms with Crippen molar-refractivity contribution in [2.75, 3.05) is 31.5 Å². The van der Waals surface area contributed by atoms with E-state index in [4.69, 9.17) is 0 Å². The lowest BCUT2D eigenvalue weighted by atomic mass is 9.89. The van der Waals surface area contributed by atoms with E-state index in [1.807, 2.05) is 36.1 Å². The van der Waals surface area contributed by atoms with Crippen LogP contribution in [0.25, 0.3) is 0 Å². The molecular formula is C24H29FN4O2. The third-order valence-corrected chi connectivity index (χ3v) is 6.25. The second-order valence-corrected chi connectivity index (χ2v) is 8.44. The largest absolute Gasteiger partial charge is 0.339 e. The Morgan fingerprint density at radius 1 is 1.06 bits per heavy atom. The third kappa shape index (κ3) is 5.22. The molecule has 7 heteroatoms. The van der Waals surface area contributed by atoms with Gasteiger partial charge in [-0.3, -0.25) is 4.79 Å². The van der Waals surface area contributed by atoms with E-state index in [9.17, 15) is 14.0 Å². The minimum absolute atomic E-state index is 0.0268. The summed E-state index contributed by atoms with van der Waals surface area (Å²) in [5.74, 6) is 0.0865. The summed E-state index contributed by atoms with van der Waals surface area (Å²) in [6, 6.07) is 12.0. The number of hydrogen-bond donors (Lipinski definition) is 3. The first-order chi connectivity index (χ1) is 15.0. The first-order valence-electron chi connectivity index (χ1n) is 10.9. The average Bonchev–Trinajstić information content (AvgIpc) is 3.28. The van der Waals surface area contributed by atoms with Gasteiger partial charge in [0.05, 0.1) is 0 Å². The number of rotatable bonds is 4. The molecule has 0 spiro atoms. The lowest BCUT2D eigenvalue weighted by molar-refractivity contribution is 0.0713. The summed E-state index contributed by atoms with van der Waals surface area (Å²) in [6.45, 7) is 4.92. The van der Waals surface area contributed by atoms with Crippen molar-refractivity contribution in [2.45, 2.75) is 38.1 Å². The Morgan fingerprint density at radius 2 is 1.81 bits per heavy atom. The fourth-order valence-electron chi connectivity index (χ4n) is 4.34. The molecule has 0 aliphatic carbocycles. The van der Waals surface area contributed by atoms with E-state index in [0.717, 1.165) is 43.5 Å². The molecule has 1 atom stereocenters. The lowest BCUT2D eigenvalue weighted by Crippen LogP contribution is -2.39. The molecule has 2 aromatic carbocycles. The Hall–Kier alpha value is -2.93.